The number of nitrogens with two attached hydrogens (primary N) is 1. The lowest BCUT2D eigenvalue weighted by Crippen LogP contribution is -2.39. The van der Waals surface area contributed by atoms with E-state index in [1.165, 1.54) is 24.3 Å². The zero-order chi connectivity index (χ0) is 31.3. The number of allylic oxidation sites excluding steroid dienone is 1. The third-order valence-electron chi connectivity index (χ3n) is 7.53. The Hall–Kier alpha value is -4.63. The van der Waals surface area contributed by atoms with E-state index >= 15 is 0 Å². The molecule has 4 aromatic rings. The fourth-order valence-corrected chi connectivity index (χ4v) is 5.83. The molecular formula is C33H33FN6O3S. The summed E-state index contributed by atoms with van der Waals surface area (Å²) in [4.78, 5) is 11.6. The molecule has 11 heteroatoms. The molecule has 0 unspecified atom stereocenters. The summed E-state index contributed by atoms with van der Waals surface area (Å²) >= 11 is 0. The first kappa shape index (κ1) is 30.8. The van der Waals surface area contributed by atoms with E-state index in [0.29, 0.717) is 29.4 Å². The smallest absolute Gasteiger partial charge is 0.238 e. The van der Waals surface area contributed by atoms with Crippen molar-refractivity contribution >= 4 is 22.0 Å². The van der Waals surface area contributed by atoms with Crippen LogP contribution in [0.3, 0.4) is 0 Å². The van der Waals surface area contributed by atoms with Gasteiger partial charge in [0.05, 0.1) is 16.5 Å². The predicted octanol–water partition coefficient (Wildman–Crippen LogP) is 5.95. The molecule has 1 aliphatic heterocycles. The molecule has 0 bridgehead atoms. The van der Waals surface area contributed by atoms with Crippen molar-refractivity contribution in [2.75, 3.05) is 18.4 Å². The highest BCUT2D eigenvalue weighted by atomic mass is 32.2. The Balaban J connectivity index is 1.32. The highest BCUT2D eigenvalue weighted by Gasteiger charge is 2.22. The minimum absolute atomic E-state index is 0.101. The van der Waals surface area contributed by atoms with Crippen LogP contribution in [-0.4, -0.2) is 42.4 Å². The second-order valence-corrected chi connectivity index (χ2v) is 12.4. The molecule has 0 atom stereocenters. The van der Waals surface area contributed by atoms with E-state index in [9.17, 15) is 12.8 Å². The topological polar surface area (TPSA) is 134 Å². The van der Waals surface area contributed by atoms with Gasteiger partial charge in [-0.05, 0) is 85.4 Å². The molecule has 0 saturated carbocycles. The summed E-state index contributed by atoms with van der Waals surface area (Å²) in [5.41, 5.74) is 4.36. The van der Waals surface area contributed by atoms with Crippen LogP contribution in [0.1, 0.15) is 35.1 Å². The number of sulfonamides is 1. The van der Waals surface area contributed by atoms with Crippen molar-refractivity contribution in [3.05, 3.63) is 101 Å². The minimum Gasteiger partial charge on any atom is -0.438 e. The zero-order valence-corrected chi connectivity index (χ0v) is 25.3. The first-order chi connectivity index (χ1) is 21.1. The van der Waals surface area contributed by atoms with Gasteiger partial charge < -0.3 is 10.1 Å². The summed E-state index contributed by atoms with van der Waals surface area (Å²) in [5, 5.41) is 17.5. The number of rotatable bonds is 9. The number of likely N-dealkylation sites (tertiary alicyclic amines) is 1. The van der Waals surface area contributed by atoms with Crippen LogP contribution in [0.25, 0.3) is 17.2 Å². The van der Waals surface area contributed by atoms with Crippen molar-refractivity contribution in [3.63, 3.8) is 0 Å². The SMILES string of the molecule is Cc1cc(/C=C/C#N)cc(C)c1Oc1nc(NC2CCN(Cc3ccc(S(N)(=O)=O)cc3)CC2)ncc1-c1ccccc1F. The fraction of sp³-hybridized carbons (Fsp3) is 0.242. The van der Waals surface area contributed by atoms with E-state index in [1.54, 1.807) is 42.6 Å². The van der Waals surface area contributed by atoms with Gasteiger partial charge >= 0.3 is 0 Å². The number of nitriles is 1. The number of halogens is 1. The van der Waals surface area contributed by atoms with Gasteiger partial charge in [0, 0.05) is 43.5 Å². The van der Waals surface area contributed by atoms with Crippen LogP contribution in [0.4, 0.5) is 10.3 Å². The van der Waals surface area contributed by atoms with Crippen molar-refractivity contribution in [2.24, 2.45) is 5.14 Å². The van der Waals surface area contributed by atoms with Crippen LogP contribution in [0, 0.1) is 31.0 Å². The maximum Gasteiger partial charge on any atom is 0.238 e. The number of hydrogen-bond donors (Lipinski definition) is 2. The normalized spacial score (nSPS) is 14.4. The van der Waals surface area contributed by atoms with Crippen LogP contribution in [0.2, 0.25) is 0 Å². The predicted molar refractivity (Wildman–Crippen MR) is 168 cm³/mol. The first-order valence-electron chi connectivity index (χ1n) is 14.2. The van der Waals surface area contributed by atoms with Gasteiger partial charge in [0.15, 0.2) is 0 Å². The molecule has 1 aromatic heterocycles. The molecule has 44 heavy (non-hydrogen) atoms. The Morgan fingerprint density at radius 1 is 1.09 bits per heavy atom. The first-order valence-corrected chi connectivity index (χ1v) is 15.7. The number of ether oxygens (including phenoxy) is 1. The van der Waals surface area contributed by atoms with E-state index in [1.807, 2.05) is 32.0 Å². The molecule has 5 rings (SSSR count). The lowest BCUT2D eigenvalue weighted by molar-refractivity contribution is 0.211. The van der Waals surface area contributed by atoms with Crippen molar-refractivity contribution in [3.8, 4) is 28.8 Å². The number of piperidine rings is 1. The Morgan fingerprint density at radius 3 is 2.41 bits per heavy atom. The molecular weight excluding hydrogens is 579 g/mol. The lowest BCUT2D eigenvalue weighted by atomic mass is 10.0. The van der Waals surface area contributed by atoms with Gasteiger partial charge in [-0.1, -0.05) is 30.3 Å². The van der Waals surface area contributed by atoms with Gasteiger partial charge in [0.25, 0.3) is 0 Å². The summed E-state index contributed by atoms with van der Waals surface area (Å²) in [6, 6.07) is 19.0. The third kappa shape index (κ3) is 7.47. The maximum atomic E-state index is 14.9. The van der Waals surface area contributed by atoms with Gasteiger partial charge in [-0.15, -0.1) is 0 Å². The summed E-state index contributed by atoms with van der Waals surface area (Å²) < 4.78 is 44.3. The molecule has 226 valence electrons. The van der Waals surface area contributed by atoms with Crippen molar-refractivity contribution in [1.82, 2.24) is 14.9 Å². The number of anilines is 1. The van der Waals surface area contributed by atoms with E-state index < -0.39 is 15.8 Å². The summed E-state index contributed by atoms with van der Waals surface area (Å²) in [7, 11) is -3.71. The number of nitrogens with zero attached hydrogens (tertiary/aromatic N) is 4. The zero-order valence-electron chi connectivity index (χ0n) is 24.5. The van der Waals surface area contributed by atoms with Gasteiger partial charge in [0.2, 0.25) is 21.9 Å². The van der Waals surface area contributed by atoms with Crippen molar-refractivity contribution < 1.29 is 17.5 Å². The van der Waals surface area contributed by atoms with E-state index in [4.69, 9.17) is 20.1 Å². The molecule has 0 aliphatic carbocycles. The lowest BCUT2D eigenvalue weighted by Gasteiger charge is -2.32. The molecule has 3 aromatic carbocycles. The standard InChI is InChI=1S/C33H33FN6O3S/c1-22-18-25(6-5-15-35)19-23(2)31(22)43-32-29(28-7-3-4-8-30(28)34)20-37-33(39-32)38-26-13-16-40(17-14-26)21-24-9-11-27(12-10-24)44(36,41)42/h3-12,18-20,26H,13-14,16-17,21H2,1-2H3,(H2,36,41,42)(H,37,38,39)/b6-5+. The molecule has 1 saturated heterocycles. The molecule has 1 aliphatic rings. The largest absolute Gasteiger partial charge is 0.438 e. The van der Waals surface area contributed by atoms with Crippen LogP contribution in [0.5, 0.6) is 11.6 Å². The average molecular weight is 613 g/mol. The van der Waals surface area contributed by atoms with Crippen LogP contribution in [-0.2, 0) is 16.6 Å². The quantitative estimate of drug-likeness (QED) is 0.222. The molecule has 0 spiro atoms. The highest BCUT2D eigenvalue weighted by molar-refractivity contribution is 7.89. The summed E-state index contributed by atoms with van der Waals surface area (Å²) in [5.74, 6) is 0.825. The molecule has 9 nitrogen and oxygen atoms in total. The van der Waals surface area contributed by atoms with Crippen molar-refractivity contribution in [2.45, 2.75) is 44.2 Å². The molecule has 1 fully saturated rings. The Morgan fingerprint density at radius 2 is 1.77 bits per heavy atom. The number of benzene rings is 3. The van der Waals surface area contributed by atoms with Gasteiger partial charge in [0.1, 0.15) is 11.6 Å². The summed E-state index contributed by atoms with van der Waals surface area (Å²) in [6.07, 6.45) is 6.43. The van der Waals surface area contributed by atoms with E-state index in [2.05, 4.69) is 15.2 Å². The second-order valence-electron chi connectivity index (χ2n) is 10.8. The fourth-order valence-electron chi connectivity index (χ4n) is 5.31. The molecule has 0 amide bonds. The second kappa shape index (κ2) is 13.3. The van der Waals surface area contributed by atoms with E-state index in [-0.39, 0.29) is 16.8 Å². The number of primary sulfonamides is 1. The van der Waals surface area contributed by atoms with E-state index in [0.717, 1.165) is 48.2 Å². The van der Waals surface area contributed by atoms with Crippen molar-refractivity contribution in [1.29, 1.82) is 5.26 Å². The maximum absolute atomic E-state index is 14.9. The highest BCUT2D eigenvalue weighted by Crippen LogP contribution is 2.36. The number of hydrogen-bond acceptors (Lipinski definition) is 8. The summed E-state index contributed by atoms with van der Waals surface area (Å²) in [6.45, 7) is 6.19. The van der Waals surface area contributed by atoms with Crippen LogP contribution >= 0.6 is 0 Å². The number of nitrogens with one attached hydrogen (secondary N) is 1. The number of aromatic nitrogens is 2. The third-order valence-corrected chi connectivity index (χ3v) is 8.46. The monoisotopic (exact) mass is 612 g/mol. The van der Waals surface area contributed by atoms with Crippen LogP contribution in [0.15, 0.2) is 77.8 Å². The molecule has 2 heterocycles. The average Bonchev–Trinajstić information content (AvgIpc) is 2.99. The van der Waals surface area contributed by atoms with Crippen LogP contribution < -0.4 is 15.2 Å². The Labute approximate surface area is 256 Å². The van der Waals surface area contributed by atoms with Gasteiger partial charge in [-0.3, -0.25) is 4.90 Å². The minimum atomic E-state index is -3.71. The molecule has 3 N–H and O–H groups in total. The van der Waals surface area contributed by atoms with Gasteiger partial charge in [-0.2, -0.15) is 10.2 Å². The Bertz CT molecular complexity index is 1810. The Kier molecular flexibility index (Phi) is 9.35. The molecule has 0 radical (unpaired) electrons. The number of aryl methyl sites for hydroxylation is 2. The van der Waals surface area contributed by atoms with Gasteiger partial charge in [-0.25, -0.2) is 22.9 Å².